The SMILES string of the molecule is C=C(C=CCC(C)C)/C(N=NSC(C)(C)C)=C(\CC)CCC. The average molecular weight is 323 g/mol. The fourth-order valence-electron chi connectivity index (χ4n) is 1.87. The van der Waals surface area contributed by atoms with Crippen molar-refractivity contribution in [3.05, 3.63) is 35.6 Å². The quantitative estimate of drug-likeness (QED) is 0.245. The van der Waals surface area contributed by atoms with E-state index in [0.29, 0.717) is 5.92 Å². The summed E-state index contributed by atoms with van der Waals surface area (Å²) in [6, 6.07) is 0. The maximum Gasteiger partial charge on any atom is 0.0921 e. The minimum atomic E-state index is 0.0839. The molecule has 3 heteroatoms. The molecule has 0 aliphatic heterocycles. The third kappa shape index (κ3) is 9.99. The Morgan fingerprint density at radius 2 is 1.86 bits per heavy atom. The molecule has 0 bridgehead atoms. The molecule has 22 heavy (non-hydrogen) atoms. The predicted octanol–water partition coefficient (Wildman–Crippen LogP) is 7.51. The fourth-order valence-corrected chi connectivity index (χ4v) is 2.24. The Hall–Kier alpha value is -0.830. The van der Waals surface area contributed by atoms with Crippen molar-refractivity contribution in [3.8, 4) is 0 Å². The van der Waals surface area contributed by atoms with Crippen LogP contribution in [0.25, 0.3) is 0 Å². The fraction of sp³-hybridized carbons (Fsp3) is 0.684. The Balaban J connectivity index is 5.25. The van der Waals surface area contributed by atoms with Gasteiger partial charge in [-0.1, -0.05) is 52.8 Å². The van der Waals surface area contributed by atoms with Crippen molar-refractivity contribution in [2.75, 3.05) is 0 Å². The highest BCUT2D eigenvalue weighted by atomic mass is 32.2. The highest BCUT2D eigenvalue weighted by Gasteiger charge is 2.11. The molecule has 0 aliphatic rings. The summed E-state index contributed by atoms with van der Waals surface area (Å²) in [5.74, 6) is 0.663. The van der Waals surface area contributed by atoms with Crippen LogP contribution in [0.3, 0.4) is 0 Å². The number of nitrogens with zero attached hydrogens (tertiary/aromatic N) is 2. The lowest BCUT2D eigenvalue weighted by molar-refractivity contribution is 0.663. The van der Waals surface area contributed by atoms with Gasteiger partial charge in [0, 0.05) is 16.7 Å². The molecule has 126 valence electrons. The molecule has 0 saturated heterocycles. The van der Waals surface area contributed by atoms with Crippen LogP contribution in [0, 0.1) is 5.92 Å². The molecule has 0 spiro atoms. The lowest BCUT2D eigenvalue weighted by Crippen LogP contribution is -2.04. The van der Waals surface area contributed by atoms with Crippen molar-refractivity contribution in [1.82, 2.24) is 0 Å². The van der Waals surface area contributed by atoms with E-state index in [4.69, 9.17) is 0 Å². The number of allylic oxidation sites excluding steroid dienone is 3. The summed E-state index contributed by atoms with van der Waals surface area (Å²) in [4.78, 5) is 0. The standard InChI is InChI=1S/C19H34N2S/c1-9-12-17(10-2)18(20-21-22-19(6,7)8)16(5)14-11-13-15(3)4/h11,14-15H,5,9-10,12-13H2,1-4,6-8H3/b14-11?,18-17-,21-20?. The van der Waals surface area contributed by atoms with Gasteiger partial charge in [0.2, 0.25) is 0 Å². The lowest BCUT2D eigenvalue weighted by Gasteiger charge is -2.13. The Labute approximate surface area is 142 Å². The van der Waals surface area contributed by atoms with Crippen LogP contribution in [0.2, 0.25) is 0 Å². The van der Waals surface area contributed by atoms with Crippen molar-refractivity contribution in [2.45, 2.75) is 78.9 Å². The average Bonchev–Trinajstić information content (AvgIpc) is 2.39. The number of hydrogen-bond donors (Lipinski definition) is 0. The van der Waals surface area contributed by atoms with Gasteiger partial charge in [-0.05, 0) is 57.1 Å². The Kier molecular flexibility index (Phi) is 10.4. The van der Waals surface area contributed by atoms with Gasteiger partial charge in [-0.3, -0.25) is 0 Å². The molecule has 0 saturated carbocycles. The highest BCUT2D eigenvalue weighted by molar-refractivity contribution is 7.99. The van der Waals surface area contributed by atoms with Crippen LogP contribution in [-0.4, -0.2) is 4.75 Å². The van der Waals surface area contributed by atoms with Gasteiger partial charge in [-0.2, -0.15) is 0 Å². The molecule has 0 radical (unpaired) electrons. The molecule has 0 rings (SSSR count). The van der Waals surface area contributed by atoms with Crippen LogP contribution in [0.4, 0.5) is 0 Å². The normalized spacial score (nSPS) is 14.2. The van der Waals surface area contributed by atoms with Gasteiger partial charge >= 0.3 is 0 Å². The highest BCUT2D eigenvalue weighted by Crippen LogP contribution is 2.28. The molecule has 0 aliphatic carbocycles. The summed E-state index contributed by atoms with van der Waals surface area (Å²) in [5.41, 5.74) is 3.30. The molecule has 0 N–H and O–H groups in total. The van der Waals surface area contributed by atoms with Gasteiger partial charge in [0.05, 0.1) is 5.70 Å². The van der Waals surface area contributed by atoms with E-state index in [1.807, 2.05) is 0 Å². The van der Waals surface area contributed by atoms with E-state index in [1.54, 1.807) is 0 Å². The first-order chi connectivity index (χ1) is 10.2. The Bertz CT molecular complexity index is 423. The zero-order valence-corrected chi connectivity index (χ0v) is 16.4. The monoisotopic (exact) mass is 322 g/mol. The van der Waals surface area contributed by atoms with Crippen molar-refractivity contribution in [2.24, 2.45) is 15.6 Å². The summed E-state index contributed by atoms with van der Waals surface area (Å²) in [6.45, 7) is 19.5. The predicted molar refractivity (Wildman–Crippen MR) is 102 cm³/mol. The van der Waals surface area contributed by atoms with E-state index in [2.05, 4.69) is 76.8 Å². The molecule has 2 nitrogen and oxygen atoms in total. The van der Waals surface area contributed by atoms with E-state index < -0.39 is 0 Å². The summed E-state index contributed by atoms with van der Waals surface area (Å²) in [5, 5.41) is 4.51. The van der Waals surface area contributed by atoms with Gasteiger partial charge in [-0.25, -0.2) is 0 Å². The van der Waals surface area contributed by atoms with Crippen molar-refractivity contribution in [1.29, 1.82) is 0 Å². The molecule has 0 fully saturated rings. The second kappa shape index (κ2) is 10.8. The maximum absolute atomic E-state index is 4.51. The lowest BCUT2D eigenvalue weighted by atomic mass is 10.0. The minimum absolute atomic E-state index is 0.0839. The van der Waals surface area contributed by atoms with E-state index in [-0.39, 0.29) is 4.75 Å². The summed E-state index contributed by atoms with van der Waals surface area (Å²) >= 11 is 1.51. The molecular formula is C19H34N2S. The first-order valence-corrected chi connectivity index (χ1v) is 9.15. The van der Waals surface area contributed by atoms with E-state index in [9.17, 15) is 0 Å². The first kappa shape index (κ1) is 21.2. The third-order valence-corrected chi connectivity index (χ3v) is 3.71. The van der Waals surface area contributed by atoms with Crippen LogP contribution in [0.5, 0.6) is 0 Å². The molecule has 0 amide bonds. The molecule has 0 unspecified atom stereocenters. The minimum Gasteiger partial charge on any atom is -0.143 e. The molecule has 0 atom stereocenters. The molecular weight excluding hydrogens is 288 g/mol. The zero-order chi connectivity index (χ0) is 17.2. The maximum atomic E-state index is 4.51. The molecule has 0 heterocycles. The van der Waals surface area contributed by atoms with Crippen LogP contribution in [0.15, 0.2) is 45.2 Å². The van der Waals surface area contributed by atoms with Crippen molar-refractivity contribution in [3.63, 3.8) is 0 Å². The van der Waals surface area contributed by atoms with Crippen LogP contribution in [0.1, 0.15) is 74.1 Å². The summed E-state index contributed by atoms with van der Waals surface area (Å²) in [6.07, 6.45) is 8.54. The molecule has 0 aromatic carbocycles. The van der Waals surface area contributed by atoms with Gasteiger partial charge in [0.15, 0.2) is 0 Å². The summed E-state index contributed by atoms with van der Waals surface area (Å²) in [7, 11) is 0. The van der Waals surface area contributed by atoms with Crippen molar-refractivity contribution >= 4 is 11.9 Å². The second-order valence-corrected chi connectivity index (χ2v) is 8.57. The van der Waals surface area contributed by atoms with Gasteiger partial charge in [0.1, 0.15) is 0 Å². The van der Waals surface area contributed by atoms with E-state index >= 15 is 0 Å². The smallest absolute Gasteiger partial charge is 0.0921 e. The van der Waals surface area contributed by atoms with Gasteiger partial charge in [0.25, 0.3) is 0 Å². The molecule has 0 aromatic rings. The topological polar surface area (TPSA) is 24.7 Å². The largest absolute Gasteiger partial charge is 0.143 e. The number of rotatable bonds is 9. The summed E-state index contributed by atoms with van der Waals surface area (Å²) < 4.78 is 4.43. The second-order valence-electron chi connectivity index (χ2n) is 7.00. The van der Waals surface area contributed by atoms with Crippen LogP contribution < -0.4 is 0 Å². The van der Waals surface area contributed by atoms with Crippen LogP contribution in [-0.2, 0) is 0 Å². The van der Waals surface area contributed by atoms with Gasteiger partial charge in [-0.15, -0.1) is 9.63 Å². The van der Waals surface area contributed by atoms with E-state index in [0.717, 1.165) is 37.0 Å². The van der Waals surface area contributed by atoms with Gasteiger partial charge < -0.3 is 0 Å². The molecule has 0 aromatic heterocycles. The zero-order valence-electron chi connectivity index (χ0n) is 15.6. The Morgan fingerprint density at radius 1 is 1.23 bits per heavy atom. The van der Waals surface area contributed by atoms with Crippen molar-refractivity contribution < 1.29 is 0 Å². The Morgan fingerprint density at radius 3 is 2.32 bits per heavy atom. The van der Waals surface area contributed by atoms with E-state index in [1.165, 1.54) is 17.5 Å². The number of hydrogen-bond acceptors (Lipinski definition) is 3. The third-order valence-electron chi connectivity index (χ3n) is 3.00. The van der Waals surface area contributed by atoms with Crippen LogP contribution >= 0.6 is 11.9 Å². The first-order valence-electron chi connectivity index (χ1n) is 8.38.